The van der Waals surface area contributed by atoms with Gasteiger partial charge in [-0.05, 0) is 45.4 Å². The summed E-state index contributed by atoms with van der Waals surface area (Å²) in [5.41, 5.74) is 1.43. The molecule has 0 N–H and O–H groups in total. The number of ether oxygens (including phenoxy) is 2. The maximum atomic E-state index is 11.4. The molecule has 0 spiro atoms. The molecule has 0 saturated heterocycles. The molecule has 0 atom stereocenters. The van der Waals surface area contributed by atoms with E-state index in [2.05, 4.69) is 6.58 Å². The van der Waals surface area contributed by atoms with Crippen LogP contribution in [0.3, 0.4) is 0 Å². The molecule has 3 heteroatoms. The summed E-state index contributed by atoms with van der Waals surface area (Å²) in [4.78, 5) is 11.4. The number of rotatable bonds is 2. The lowest BCUT2D eigenvalue weighted by Gasteiger charge is -2.18. The first-order valence-electron chi connectivity index (χ1n) is 5.45. The van der Waals surface area contributed by atoms with Crippen molar-refractivity contribution in [2.75, 3.05) is 0 Å². The van der Waals surface area contributed by atoms with Gasteiger partial charge >= 0.3 is 6.16 Å². The van der Waals surface area contributed by atoms with Crippen LogP contribution in [0.2, 0.25) is 0 Å². The van der Waals surface area contributed by atoms with Gasteiger partial charge < -0.3 is 9.47 Å². The fourth-order valence-electron chi connectivity index (χ4n) is 1.17. The average Bonchev–Trinajstić information content (AvgIpc) is 2.15. The van der Waals surface area contributed by atoms with Gasteiger partial charge in [-0.2, -0.15) is 0 Å². The summed E-state index contributed by atoms with van der Waals surface area (Å²) in [5, 5.41) is 0. The van der Waals surface area contributed by atoms with Gasteiger partial charge in [-0.1, -0.05) is 24.3 Å². The lowest BCUT2D eigenvalue weighted by Crippen LogP contribution is -2.25. The average molecular weight is 234 g/mol. The highest BCUT2D eigenvalue weighted by atomic mass is 16.7. The first-order chi connectivity index (χ1) is 7.78. The molecule has 0 aliphatic heterocycles. The molecule has 0 saturated carbocycles. The summed E-state index contributed by atoms with van der Waals surface area (Å²) in [6, 6.07) is 7.13. The molecule has 17 heavy (non-hydrogen) atoms. The number of carbonyl (C=O) groups excluding carboxylic acids is 1. The van der Waals surface area contributed by atoms with Crippen molar-refractivity contribution in [2.45, 2.75) is 33.3 Å². The van der Waals surface area contributed by atoms with Gasteiger partial charge in [-0.3, -0.25) is 0 Å². The zero-order chi connectivity index (χ0) is 13.1. The Hall–Kier alpha value is -1.77. The number of hydrogen-bond acceptors (Lipinski definition) is 3. The molecule has 0 radical (unpaired) electrons. The molecule has 1 aromatic carbocycles. The van der Waals surface area contributed by atoms with E-state index >= 15 is 0 Å². The van der Waals surface area contributed by atoms with Gasteiger partial charge in [0.05, 0.1) is 0 Å². The Morgan fingerprint density at radius 3 is 2.12 bits per heavy atom. The molecule has 0 fully saturated rings. The predicted molar refractivity (Wildman–Crippen MR) is 68.0 cm³/mol. The Balaban J connectivity index is 2.64. The van der Waals surface area contributed by atoms with E-state index in [4.69, 9.17) is 9.47 Å². The van der Waals surface area contributed by atoms with Crippen molar-refractivity contribution >= 4 is 11.7 Å². The summed E-state index contributed by atoms with van der Waals surface area (Å²) < 4.78 is 10.1. The van der Waals surface area contributed by atoms with Crippen molar-refractivity contribution in [3.8, 4) is 5.75 Å². The SMILES string of the molecule is C=C(C)c1ccc(OC(=O)OC(C)(C)C)cc1. The van der Waals surface area contributed by atoms with Crippen LogP contribution in [0.15, 0.2) is 30.8 Å². The molecule has 92 valence electrons. The van der Waals surface area contributed by atoms with Crippen molar-refractivity contribution in [2.24, 2.45) is 0 Å². The predicted octanol–water partition coefficient (Wildman–Crippen LogP) is 4.03. The molecule has 3 nitrogen and oxygen atoms in total. The Bertz CT molecular complexity index is 410. The van der Waals surface area contributed by atoms with E-state index in [0.717, 1.165) is 11.1 Å². The highest BCUT2D eigenvalue weighted by molar-refractivity contribution is 5.66. The normalized spacial score (nSPS) is 10.8. The van der Waals surface area contributed by atoms with Crippen LogP contribution in [0.5, 0.6) is 5.75 Å². The van der Waals surface area contributed by atoms with Crippen LogP contribution >= 0.6 is 0 Å². The van der Waals surface area contributed by atoms with Crippen LogP contribution in [-0.4, -0.2) is 11.8 Å². The van der Waals surface area contributed by atoms with Gasteiger partial charge in [0, 0.05) is 0 Å². The second-order valence-corrected chi connectivity index (χ2v) is 4.87. The Labute approximate surface area is 102 Å². The molecule has 0 aliphatic rings. The Kier molecular flexibility index (Phi) is 3.94. The van der Waals surface area contributed by atoms with Crippen molar-refractivity contribution in [1.29, 1.82) is 0 Å². The lowest BCUT2D eigenvalue weighted by molar-refractivity contribution is 0.0206. The molecule has 0 unspecified atom stereocenters. The third-order valence-electron chi connectivity index (χ3n) is 1.94. The molecular weight excluding hydrogens is 216 g/mol. The first-order valence-corrected chi connectivity index (χ1v) is 5.45. The van der Waals surface area contributed by atoms with Crippen molar-refractivity contribution in [1.82, 2.24) is 0 Å². The first kappa shape index (κ1) is 13.3. The number of carbonyl (C=O) groups is 1. The van der Waals surface area contributed by atoms with Crippen LogP contribution < -0.4 is 4.74 Å². The van der Waals surface area contributed by atoms with Gasteiger partial charge in [0.1, 0.15) is 11.4 Å². The molecule has 1 rings (SSSR count). The summed E-state index contributed by atoms with van der Waals surface area (Å²) >= 11 is 0. The third-order valence-corrected chi connectivity index (χ3v) is 1.94. The molecule has 0 heterocycles. The molecule has 0 aromatic heterocycles. The van der Waals surface area contributed by atoms with Crippen LogP contribution in [0.4, 0.5) is 4.79 Å². The summed E-state index contributed by atoms with van der Waals surface area (Å²) in [5.74, 6) is 0.462. The summed E-state index contributed by atoms with van der Waals surface area (Å²) in [7, 11) is 0. The maximum absolute atomic E-state index is 11.4. The minimum Gasteiger partial charge on any atom is -0.428 e. The second kappa shape index (κ2) is 5.04. The van der Waals surface area contributed by atoms with Crippen LogP contribution in [0, 0.1) is 0 Å². The van der Waals surface area contributed by atoms with Gasteiger partial charge in [0.15, 0.2) is 0 Å². The van der Waals surface area contributed by atoms with Gasteiger partial charge in [-0.25, -0.2) is 4.79 Å². The number of hydrogen-bond donors (Lipinski definition) is 0. The van der Waals surface area contributed by atoms with Crippen LogP contribution in [-0.2, 0) is 4.74 Å². The molecule has 0 amide bonds. The van der Waals surface area contributed by atoms with Crippen LogP contribution in [0.25, 0.3) is 5.57 Å². The quantitative estimate of drug-likeness (QED) is 0.572. The van der Waals surface area contributed by atoms with E-state index in [9.17, 15) is 4.79 Å². The number of allylic oxidation sites excluding steroid dienone is 1. The largest absolute Gasteiger partial charge is 0.514 e. The highest BCUT2D eigenvalue weighted by Gasteiger charge is 2.17. The topological polar surface area (TPSA) is 35.5 Å². The van der Waals surface area contributed by atoms with Crippen molar-refractivity contribution in [3.63, 3.8) is 0 Å². The van der Waals surface area contributed by atoms with E-state index in [1.54, 1.807) is 32.9 Å². The third kappa shape index (κ3) is 4.72. The standard InChI is InChI=1S/C14H18O3/c1-10(2)11-6-8-12(9-7-11)16-13(15)17-14(3,4)5/h6-9H,1H2,2-5H3. The monoisotopic (exact) mass is 234 g/mol. The lowest BCUT2D eigenvalue weighted by atomic mass is 10.1. The summed E-state index contributed by atoms with van der Waals surface area (Å²) in [6.45, 7) is 11.1. The highest BCUT2D eigenvalue weighted by Crippen LogP contribution is 2.18. The molecule has 0 aliphatic carbocycles. The smallest absolute Gasteiger partial charge is 0.428 e. The van der Waals surface area contributed by atoms with E-state index in [-0.39, 0.29) is 0 Å². The zero-order valence-electron chi connectivity index (χ0n) is 10.7. The minimum absolute atomic E-state index is 0.462. The summed E-state index contributed by atoms with van der Waals surface area (Å²) in [6.07, 6.45) is -0.694. The Morgan fingerprint density at radius 1 is 1.18 bits per heavy atom. The van der Waals surface area contributed by atoms with E-state index in [1.165, 1.54) is 0 Å². The molecular formula is C14H18O3. The van der Waals surface area contributed by atoms with Crippen molar-refractivity contribution in [3.05, 3.63) is 36.4 Å². The second-order valence-electron chi connectivity index (χ2n) is 4.87. The van der Waals surface area contributed by atoms with E-state index in [0.29, 0.717) is 5.75 Å². The van der Waals surface area contributed by atoms with Gasteiger partial charge in [0.2, 0.25) is 0 Å². The maximum Gasteiger partial charge on any atom is 0.514 e. The zero-order valence-corrected chi connectivity index (χ0v) is 10.7. The molecule has 0 bridgehead atoms. The van der Waals surface area contributed by atoms with Crippen LogP contribution in [0.1, 0.15) is 33.3 Å². The van der Waals surface area contributed by atoms with E-state index < -0.39 is 11.8 Å². The molecule has 1 aromatic rings. The van der Waals surface area contributed by atoms with E-state index in [1.807, 2.05) is 19.1 Å². The van der Waals surface area contributed by atoms with Crippen molar-refractivity contribution < 1.29 is 14.3 Å². The van der Waals surface area contributed by atoms with Gasteiger partial charge in [0.25, 0.3) is 0 Å². The number of benzene rings is 1. The van der Waals surface area contributed by atoms with Gasteiger partial charge in [-0.15, -0.1) is 0 Å². The Morgan fingerprint density at radius 2 is 1.71 bits per heavy atom. The fraction of sp³-hybridized carbons (Fsp3) is 0.357. The fourth-order valence-corrected chi connectivity index (χ4v) is 1.17. The minimum atomic E-state index is -0.694.